The predicted molar refractivity (Wildman–Crippen MR) is 79.4 cm³/mol. The van der Waals surface area contributed by atoms with Crippen LogP contribution in [0.5, 0.6) is 0 Å². The average molecular weight is 279 g/mol. The molecule has 102 valence electrons. The second kappa shape index (κ2) is 4.39. The molecule has 2 aromatic rings. The Bertz CT molecular complexity index is 613. The lowest BCUT2D eigenvalue weighted by molar-refractivity contribution is 0.0440. The number of nitrogens with zero attached hydrogens (tertiary/aromatic N) is 3. The molecule has 0 atom stereocenters. The molecule has 1 saturated carbocycles. The van der Waals surface area contributed by atoms with E-state index in [0.717, 1.165) is 22.6 Å². The van der Waals surface area contributed by atoms with Crippen molar-refractivity contribution in [2.45, 2.75) is 31.3 Å². The van der Waals surface area contributed by atoms with Crippen molar-refractivity contribution in [3.63, 3.8) is 0 Å². The SMILES string of the molecule is CN(C)C1(Cn2c(N)nc3ccc(Cl)cc32)CCC1. The van der Waals surface area contributed by atoms with Crippen LogP contribution in [0, 0.1) is 0 Å². The third-order valence-corrected chi connectivity index (χ3v) is 4.66. The fourth-order valence-electron chi connectivity index (χ4n) is 2.91. The average Bonchev–Trinajstić information content (AvgIpc) is 2.59. The molecule has 1 heterocycles. The Hall–Kier alpha value is -1.26. The third kappa shape index (κ3) is 1.99. The molecule has 2 N–H and O–H groups in total. The molecule has 1 aliphatic rings. The quantitative estimate of drug-likeness (QED) is 0.939. The first-order valence-electron chi connectivity index (χ1n) is 6.61. The van der Waals surface area contributed by atoms with Crippen LogP contribution in [0.2, 0.25) is 5.02 Å². The molecule has 0 saturated heterocycles. The highest BCUT2D eigenvalue weighted by atomic mass is 35.5. The van der Waals surface area contributed by atoms with Crippen LogP contribution in [0.3, 0.4) is 0 Å². The molecule has 0 spiro atoms. The second-order valence-corrected chi connectivity index (χ2v) is 6.10. The minimum atomic E-state index is 0.212. The van der Waals surface area contributed by atoms with E-state index in [2.05, 4.69) is 28.5 Å². The molecule has 1 aromatic carbocycles. The van der Waals surface area contributed by atoms with Gasteiger partial charge in [0.25, 0.3) is 0 Å². The van der Waals surface area contributed by atoms with E-state index in [1.807, 2.05) is 18.2 Å². The molecule has 5 heteroatoms. The van der Waals surface area contributed by atoms with E-state index in [4.69, 9.17) is 17.3 Å². The highest BCUT2D eigenvalue weighted by Crippen LogP contribution is 2.39. The molecule has 3 rings (SSSR count). The maximum Gasteiger partial charge on any atom is 0.201 e. The molecule has 0 bridgehead atoms. The summed E-state index contributed by atoms with van der Waals surface area (Å²) in [7, 11) is 4.28. The van der Waals surface area contributed by atoms with Crippen molar-refractivity contribution in [3.8, 4) is 0 Å². The zero-order valence-corrected chi connectivity index (χ0v) is 12.1. The smallest absolute Gasteiger partial charge is 0.201 e. The van der Waals surface area contributed by atoms with Gasteiger partial charge in [0.1, 0.15) is 0 Å². The van der Waals surface area contributed by atoms with Crippen LogP contribution in [0.15, 0.2) is 18.2 Å². The van der Waals surface area contributed by atoms with Gasteiger partial charge in [-0.3, -0.25) is 0 Å². The minimum absolute atomic E-state index is 0.212. The Balaban J connectivity index is 2.05. The van der Waals surface area contributed by atoms with Crippen molar-refractivity contribution in [1.82, 2.24) is 14.5 Å². The van der Waals surface area contributed by atoms with E-state index in [0.29, 0.717) is 5.95 Å². The fourth-order valence-corrected chi connectivity index (χ4v) is 3.07. The van der Waals surface area contributed by atoms with Crippen molar-refractivity contribution in [3.05, 3.63) is 23.2 Å². The number of rotatable bonds is 3. The zero-order valence-electron chi connectivity index (χ0n) is 11.4. The van der Waals surface area contributed by atoms with E-state index in [1.165, 1.54) is 19.3 Å². The summed E-state index contributed by atoms with van der Waals surface area (Å²) in [6.45, 7) is 0.878. The topological polar surface area (TPSA) is 47.1 Å². The minimum Gasteiger partial charge on any atom is -0.369 e. The molecule has 1 aromatic heterocycles. The maximum absolute atomic E-state index is 6.09. The number of anilines is 1. The molecule has 19 heavy (non-hydrogen) atoms. The second-order valence-electron chi connectivity index (χ2n) is 5.66. The number of benzene rings is 1. The standard InChI is InChI=1S/C14H19ClN4/c1-18(2)14(6-3-7-14)9-19-12-8-10(15)4-5-11(12)17-13(19)16/h4-5,8H,3,6-7,9H2,1-2H3,(H2,16,17). The van der Waals surface area contributed by atoms with Gasteiger partial charge in [0.15, 0.2) is 0 Å². The van der Waals surface area contributed by atoms with Gasteiger partial charge in [-0.2, -0.15) is 0 Å². The highest BCUT2D eigenvalue weighted by molar-refractivity contribution is 6.31. The predicted octanol–water partition coefficient (Wildman–Crippen LogP) is 2.76. The summed E-state index contributed by atoms with van der Waals surface area (Å²) in [5, 5.41) is 0.723. The Labute approximate surface area is 118 Å². The Morgan fingerprint density at radius 1 is 1.42 bits per heavy atom. The van der Waals surface area contributed by atoms with E-state index >= 15 is 0 Å². The Morgan fingerprint density at radius 3 is 2.74 bits per heavy atom. The summed E-state index contributed by atoms with van der Waals surface area (Å²) in [6, 6.07) is 5.72. The first-order valence-corrected chi connectivity index (χ1v) is 6.98. The zero-order chi connectivity index (χ0) is 13.6. The largest absolute Gasteiger partial charge is 0.369 e. The van der Waals surface area contributed by atoms with Crippen molar-refractivity contribution < 1.29 is 0 Å². The van der Waals surface area contributed by atoms with Gasteiger partial charge in [-0.05, 0) is 51.6 Å². The van der Waals surface area contributed by atoms with Crippen LogP contribution < -0.4 is 5.73 Å². The van der Waals surface area contributed by atoms with Gasteiger partial charge in [0.2, 0.25) is 5.95 Å². The molecule has 1 aliphatic carbocycles. The number of hydrogen-bond acceptors (Lipinski definition) is 3. The Kier molecular flexibility index (Phi) is 2.95. The summed E-state index contributed by atoms with van der Waals surface area (Å²) < 4.78 is 2.10. The molecule has 0 radical (unpaired) electrons. The molecule has 0 unspecified atom stereocenters. The van der Waals surface area contributed by atoms with Crippen molar-refractivity contribution in [2.75, 3.05) is 19.8 Å². The fraction of sp³-hybridized carbons (Fsp3) is 0.500. The Morgan fingerprint density at radius 2 is 2.16 bits per heavy atom. The normalized spacial score (nSPS) is 17.9. The number of likely N-dealkylation sites (N-methyl/N-ethyl adjacent to an activating group) is 1. The number of hydrogen-bond donors (Lipinski definition) is 1. The number of nitrogens with two attached hydrogens (primary N) is 1. The third-order valence-electron chi connectivity index (χ3n) is 4.43. The van der Waals surface area contributed by atoms with E-state index in [1.54, 1.807) is 0 Å². The first-order chi connectivity index (χ1) is 9.02. The van der Waals surface area contributed by atoms with Crippen LogP contribution in [-0.2, 0) is 6.54 Å². The number of fused-ring (bicyclic) bond motifs is 1. The molecule has 1 fully saturated rings. The van der Waals surface area contributed by atoms with Crippen molar-refractivity contribution >= 4 is 28.6 Å². The van der Waals surface area contributed by atoms with Gasteiger partial charge in [0.05, 0.1) is 11.0 Å². The van der Waals surface area contributed by atoms with Gasteiger partial charge in [-0.25, -0.2) is 4.98 Å². The van der Waals surface area contributed by atoms with Gasteiger partial charge < -0.3 is 15.2 Å². The molecule has 4 nitrogen and oxygen atoms in total. The molecular formula is C14H19ClN4. The van der Waals surface area contributed by atoms with Crippen LogP contribution in [0.4, 0.5) is 5.95 Å². The number of nitrogen functional groups attached to an aromatic ring is 1. The maximum atomic E-state index is 6.09. The number of aromatic nitrogens is 2. The lowest BCUT2D eigenvalue weighted by atomic mass is 9.75. The van der Waals surface area contributed by atoms with Crippen LogP contribution in [-0.4, -0.2) is 34.1 Å². The van der Waals surface area contributed by atoms with Gasteiger partial charge in [-0.1, -0.05) is 11.6 Å². The van der Waals surface area contributed by atoms with Crippen LogP contribution in [0.25, 0.3) is 11.0 Å². The number of imidazole rings is 1. The van der Waals surface area contributed by atoms with E-state index in [-0.39, 0.29) is 5.54 Å². The van der Waals surface area contributed by atoms with Gasteiger partial charge >= 0.3 is 0 Å². The van der Waals surface area contributed by atoms with Crippen LogP contribution >= 0.6 is 11.6 Å². The van der Waals surface area contributed by atoms with E-state index in [9.17, 15) is 0 Å². The highest BCUT2D eigenvalue weighted by Gasteiger charge is 2.40. The molecule has 0 aliphatic heterocycles. The molecule has 0 amide bonds. The van der Waals surface area contributed by atoms with Crippen molar-refractivity contribution in [2.24, 2.45) is 0 Å². The lowest BCUT2D eigenvalue weighted by Gasteiger charge is -2.47. The monoisotopic (exact) mass is 278 g/mol. The summed E-state index contributed by atoms with van der Waals surface area (Å²) in [5.74, 6) is 0.574. The molecular weight excluding hydrogens is 260 g/mol. The van der Waals surface area contributed by atoms with Crippen LogP contribution in [0.1, 0.15) is 19.3 Å². The number of halogens is 1. The summed E-state index contributed by atoms with van der Waals surface area (Å²) in [4.78, 5) is 6.73. The van der Waals surface area contributed by atoms with E-state index < -0.39 is 0 Å². The van der Waals surface area contributed by atoms with Gasteiger partial charge in [0, 0.05) is 17.1 Å². The van der Waals surface area contributed by atoms with Gasteiger partial charge in [-0.15, -0.1) is 0 Å². The summed E-state index contributed by atoms with van der Waals surface area (Å²) >= 11 is 6.09. The van der Waals surface area contributed by atoms with Crippen molar-refractivity contribution in [1.29, 1.82) is 0 Å². The summed E-state index contributed by atoms with van der Waals surface area (Å²) in [6.07, 6.45) is 3.70. The summed E-state index contributed by atoms with van der Waals surface area (Å²) in [5.41, 5.74) is 8.23. The first kappa shape index (κ1) is 12.8. The lowest BCUT2D eigenvalue weighted by Crippen LogP contribution is -2.53.